The van der Waals surface area contributed by atoms with Crippen LogP contribution in [0.15, 0.2) is 83.8 Å². The van der Waals surface area contributed by atoms with E-state index in [2.05, 4.69) is 10.0 Å². The highest BCUT2D eigenvalue weighted by molar-refractivity contribution is 7.89. The van der Waals surface area contributed by atoms with E-state index in [0.717, 1.165) is 17.7 Å². The molecule has 37 heavy (non-hydrogen) atoms. The van der Waals surface area contributed by atoms with Crippen molar-refractivity contribution < 1.29 is 27.7 Å². The predicted molar refractivity (Wildman–Crippen MR) is 137 cm³/mol. The summed E-state index contributed by atoms with van der Waals surface area (Å²) >= 11 is 0. The zero-order valence-electron chi connectivity index (χ0n) is 20.2. The lowest BCUT2D eigenvalue weighted by molar-refractivity contribution is -0.385. The maximum absolute atomic E-state index is 13.3. The predicted octanol–water partition coefficient (Wildman–Crippen LogP) is 2.27. The molecule has 1 atom stereocenters. The van der Waals surface area contributed by atoms with Gasteiger partial charge in [0.05, 0.1) is 23.5 Å². The van der Waals surface area contributed by atoms with Crippen LogP contribution in [0.25, 0.3) is 0 Å². The summed E-state index contributed by atoms with van der Waals surface area (Å²) in [7, 11) is -1.12. The summed E-state index contributed by atoms with van der Waals surface area (Å²) in [5.74, 6) is -0.537. The van der Waals surface area contributed by atoms with Gasteiger partial charge in [0, 0.05) is 31.3 Å². The lowest BCUT2D eigenvalue weighted by Gasteiger charge is -2.25. The summed E-state index contributed by atoms with van der Waals surface area (Å²) < 4.78 is 32.4. The maximum Gasteiger partial charge on any atom is 0.270 e. The van der Waals surface area contributed by atoms with E-state index in [-0.39, 0.29) is 11.3 Å². The Morgan fingerprint density at radius 3 is 2.32 bits per heavy atom. The molecule has 2 N–H and O–H groups in total. The van der Waals surface area contributed by atoms with Gasteiger partial charge in [-0.1, -0.05) is 36.4 Å². The molecule has 0 aromatic heterocycles. The fourth-order valence-electron chi connectivity index (χ4n) is 3.47. The number of rotatable bonds is 11. The minimum Gasteiger partial charge on any atom is -0.497 e. The Morgan fingerprint density at radius 2 is 1.70 bits per heavy atom. The van der Waals surface area contributed by atoms with Crippen LogP contribution in [0.5, 0.6) is 5.75 Å². The normalized spacial score (nSPS) is 11.8. The molecule has 0 saturated heterocycles. The summed E-state index contributed by atoms with van der Waals surface area (Å²) in [6, 6.07) is 19.3. The molecule has 2 amide bonds. The van der Waals surface area contributed by atoms with Crippen molar-refractivity contribution in [3.63, 3.8) is 0 Å². The van der Waals surface area contributed by atoms with Gasteiger partial charge < -0.3 is 15.0 Å². The second-order valence-corrected chi connectivity index (χ2v) is 9.75. The second-order valence-electron chi connectivity index (χ2n) is 7.98. The van der Waals surface area contributed by atoms with Crippen molar-refractivity contribution in [2.45, 2.75) is 17.4 Å². The molecule has 1 unspecified atom stereocenters. The molecule has 11 nitrogen and oxygen atoms in total. The van der Waals surface area contributed by atoms with Crippen molar-refractivity contribution in [1.29, 1.82) is 0 Å². The highest BCUT2D eigenvalue weighted by atomic mass is 32.2. The number of amides is 2. The van der Waals surface area contributed by atoms with Crippen LogP contribution in [0.1, 0.15) is 5.56 Å². The topological polar surface area (TPSA) is 148 Å². The van der Waals surface area contributed by atoms with E-state index in [1.165, 1.54) is 24.1 Å². The molecule has 0 fully saturated rings. The van der Waals surface area contributed by atoms with E-state index in [0.29, 0.717) is 11.4 Å². The molecule has 0 aliphatic heterocycles. The quantitative estimate of drug-likeness (QED) is 0.288. The monoisotopic (exact) mass is 526 g/mol. The van der Waals surface area contributed by atoms with Crippen molar-refractivity contribution >= 4 is 33.2 Å². The van der Waals surface area contributed by atoms with Gasteiger partial charge >= 0.3 is 0 Å². The van der Waals surface area contributed by atoms with Crippen molar-refractivity contribution in [2.24, 2.45) is 0 Å². The molecule has 3 rings (SSSR count). The van der Waals surface area contributed by atoms with Crippen molar-refractivity contribution in [1.82, 2.24) is 10.0 Å². The average Bonchev–Trinajstić information content (AvgIpc) is 2.91. The Labute approximate surface area is 214 Å². The Balaban J connectivity index is 1.74. The van der Waals surface area contributed by atoms with Crippen molar-refractivity contribution in [3.8, 4) is 5.75 Å². The zero-order chi connectivity index (χ0) is 27.0. The summed E-state index contributed by atoms with van der Waals surface area (Å²) in [6.45, 7) is -0.671. The van der Waals surface area contributed by atoms with Crippen LogP contribution >= 0.6 is 0 Å². The smallest absolute Gasteiger partial charge is 0.270 e. The number of carbonyl (C=O) groups excluding carboxylic acids is 2. The van der Waals surface area contributed by atoms with Gasteiger partial charge in [-0.05, 0) is 35.9 Å². The second kappa shape index (κ2) is 12.1. The summed E-state index contributed by atoms with van der Waals surface area (Å²) in [5.41, 5.74) is 0.966. The summed E-state index contributed by atoms with van der Waals surface area (Å²) in [6.07, 6.45) is 0.170. The van der Waals surface area contributed by atoms with E-state index in [9.17, 15) is 28.1 Å². The summed E-state index contributed by atoms with van der Waals surface area (Å²) in [5, 5.41) is 13.6. The van der Waals surface area contributed by atoms with Crippen LogP contribution in [-0.4, -0.2) is 51.9 Å². The lowest BCUT2D eigenvalue weighted by atomic mass is 10.0. The first-order valence-corrected chi connectivity index (χ1v) is 12.6. The number of nitro groups is 1. The van der Waals surface area contributed by atoms with Crippen LogP contribution in [0, 0.1) is 10.1 Å². The van der Waals surface area contributed by atoms with E-state index in [4.69, 9.17) is 4.74 Å². The highest BCUT2D eigenvalue weighted by Crippen LogP contribution is 2.20. The first-order valence-electron chi connectivity index (χ1n) is 11.1. The third-order valence-corrected chi connectivity index (χ3v) is 6.87. The van der Waals surface area contributed by atoms with Gasteiger partial charge in [0.2, 0.25) is 21.8 Å². The number of anilines is 1. The Morgan fingerprint density at radius 1 is 1.03 bits per heavy atom. The third kappa shape index (κ3) is 7.35. The third-order valence-electron chi connectivity index (χ3n) is 5.47. The molecular formula is C25H26N4O7S. The number of ether oxygens (including phenoxy) is 1. The van der Waals surface area contributed by atoms with E-state index >= 15 is 0 Å². The molecule has 0 aliphatic rings. The van der Waals surface area contributed by atoms with Gasteiger partial charge in [-0.15, -0.1) is 0 Å². The Kier molecular flexibility index (Phi) is 8.93. The van der Waals surface area contributed by atoms with Gasteiger partial charge in [0.25, 0.3) is 5.69 Å². The molecule has 0 aliphatic carbocycles. The first kappa shape index (κ1) is 27.3. The van der Waals surface area contributed by atoms with Gasteiger partial charge in [-0.3, -0.25) is 19.7 Å². The minimum atomic E-state index is -4.21. The molecule has 0 heterocycles. The molecule has 194 valence electrons. The molecule has 12 heteroatoms. The number of nitrogens with zero attached hydrogens (tertiary/aromatic N) is 2. The average molecular weight is 527 g/mol. The molecular weight excluding hydrogens is 500 g/mol. The number of sulfonamides is 1. The number of nitro benzene ring substituents is 1. The highest BCUT2D eigenvalue weighted by Gasteiger charge is 2.26. The minimum absolute atomic E-state index is 0.170. The van der Waals surface area contributed by atoms with Crippen LogP contribution in [0.2, 0.25) is 0 Å². The lowest BCUT2D eigenvalue weighted by Crippen LogP contribution is -2.51. The molecule has 3 aromatic carbocycles. The number of benzene rings is 3. The first-order chi connectivity index (χ1) is 17.6. The van der Waals surface area contributed by atoms with Gasteiger partial charge in [-0.2, -0.15) is 0 Å². The number of non-ortho nitro benzene ring substituents is 1. The van der Waals surface area contributed by atoms with Crippen LogP contribution in [0.4, 0.5) is 11.4 Å². The Hall–Kier alpha value is -4.29. The van der Waals surface area contributed by atoms with Gasteiger partial charge in [0.15, 0.2) is 0 Å². The SMILES string of the molecule is COc1ccc(N(C)C(=O)C(Cc2ccccc2)NC(=O)CNS(=O)(=O)c2cccc([N+](=O)[O-])c2)cc1. The number of hydrogen-bond donors (Lipinski definition) is 2. The molecule has 3 aromatic rings. The number of likely N-dealkylation sites (N-methyl/N-ethyl adjacent to an activating group) is 1. The maximum atomic E-state index is 13.3. The molecule has 0 spiro atoms. The van der Waals surface area contributed by atoms with E-state index in [1.54, 1.807) is 43.4 Å². The standard InChI is InChI=1S/C25H26N4O7S/c1-28(19-11-13-21(36-2)14-12-19)25(31)23(15-18-7-4-3-5-8-18)27-24(30)17-26-37(34,35)22-10-6-9-20(16-22)29(32)33/h3-14,16,23,26H,15,17H2,1-2H3,(H,27,30). The van der Waals surface area contributed by atoms with Crippen molar-refractivity contribution in [3.05, 3.63) is 94.5 Å². The number of nitrogens with one attached hydrogen (secondary N) is 2. The zero-order valence-corrected chi connectivity index (χ0v) is 21.0. The van der Waals surface area contributed by atoms with Crippen LogP contribution < -0.4 is 19.7 Å². The van der Waals surface area contributed by atoms with Gasteiger partial charge in [0.1, 0.15) is 11.8 Å². The molecule has 0 bridgehead atoms. The van der Waals surface area contributed by atoms with E-state index < -0.39 is 45.0 Å². The van der Waals surface area contributed by atoms with E-state index in [1.807, 2.05) is 18.2 Å². The number of methoxy groups -OCH3 is 1. The molecule has 0 radical (unpaired) electrons. The fourth-order valence-corrected chi connectivity index (χ4v) is 4.49. The van der Waals surface area contributed by atoms with Crippen molar-refractivity contribution in [2.75, 3.05) is 25.6 Å². The fraction of sp³-hybridized carbons (Fsp3) is 0.200. The number of carbonyl (C=O) groups is 2. The Bertz CT molecular complexity index is 1360. The van der Waals surface area contributed by atoms with Gasteiger partial charge in [-0.25, -0.2) is 13.1 Å². The largest absolute Gasteiger partial charge is 0.497 e. The summed E-state index contributed by atoms with van der Waals surface area (Å²) in [4.78, 5) is 37.3. The van der Waals surface area contributed by atoms with Crippen LogP contribution in [-0.2, 0) is 26.0 Å². The number of hydrogen-bond acceptors (Lipinski definition) is 7. The molecule has 0 saturated carbocycles. The van der Waals surface area contributed by atoms with Crippen LogP contribution in [0.3, 0.4) is 0 Å².